The number of rotatable bonds is 5. The first-order valence-corrected chi connectivity index (χ1v) is 9.41. The number of aromatic nitrogens is 1. The zero-order chi connectivity index (χ0) is 17.2. The van der Waals surface area contributed by atoms with Crippen LogP contribution in [-0.4, -0.2) is 13.4 Å². The zero-order valence-electron chi connectivity index (χ0n) is 13.7. The molecule has 0 bridgehead atoms. The van der Waals surface area contributed by atoms with E-state index >= 15 is 0 Å². The van der Waals surface area contributed by atoms with Crippen LogP contribution >= 0.6 is 0 Å². The van der Waals surface area contributed by atoms with Gasteiger partial charge in [-0.3, -0.25) is 4.98 Å². The molecule has 0 aliphatic rings. The lowest BCUT2D eigenvalue weighted by Gasteiger charge is -2.18. The topological polar surface area (TPSA) is 59.1 Å². The zero-order valence-corrected chi connectivity index (χ0v) is 14.5. The van der Waals surface area contributed by atoms with Crippen molar-refractivity contribution in [3.63, 3.8) is 0 Å². The van der Waals surface area contributed by atoms with Crippen molar-refractivity contribution in [2.45, 2.75) is 31.2 Å². The highest BCUT2D eigenvalue weighted by Crippen LogP contribution is 2.23. The van der Waals surface area contributed by atoms with Gasteiger partial charge in [-0.2, -0.15) is 0 Å². The summed E-state index contributed by atoms with van der Waals surface area (Å²) in [6, 6.07) is 16.3. The average molecular weight is 340 g/mol. The van der Waals surface area contributed by atoms with Crippen LogP contribution in [0, 0.1) is 6.92 Å². The van der Waals surface area contributed by atoms with Gasteiger partial charge in [0, 0.05) is 17.6 Å². The Bertz CT molecular complexity index is 951. The Morgan fingerprint density at radius 2 is 1.79 bits per heavy atom. The van der Waals surface area contributed by atoms with Crippen molar-refractivity contribution >= 4 is 20.9 Å². The summed E-state index contributed by atoms with van der Waals surface area (Å²) in [7, 11) is -3.57. The Morgan fingerprint density at radius 3 is 2.50 bits per heavy atom. The van der Waals surface area contributed by atoms with Crippen LogP contribution in [0.2, 0.25) is 0 Å². The van der Waals surface area contributed by atoms with E-state index in [2.05, 4.69) is 9.71 Å². The van der Waals surface area contributed by atoms with Crippen molar-refractivity contribution < 1.29 is 8.42 Å². The summed E-state index contributed by atoms with van der Waals surface area (Å²) in [5.41, 5.74) is 2.80. The molecule has 4 nitrogen and oxygen atoms in total. The van der Waals surface area contributed by atoms with Crippen molar-refractivity contribution in [1.29, 1.82) is 0 Å². The molecule has 5 heteroatoms. The van der Waals surface area contributed by atoms with Gasteiger partial charge < -0.3 is 0 Å². The molecule has 0 aliphatic carbocycles. The summed E-state index contributed by atoms with van der Waals surface area (Å²) in [6.07, 6.45) is 2.39. The first kappa shape index (κ1) is 16.6. The molecule has 0 amide bonds. The van der Waals surface area contributed by atoms with Crippen LogP contribution < -0.4 is 4.72 Å². The van der Waals surface area contributed by atoms with Gasteiger partial charge in [-0.25, -0.2) is 13.1 Å². The Hall–Kier alpha value is -2.24. The van der Waals surface area contributed by atoms with E-state index in [1.807, 2.05) is 44.2 Å². The highest BCUT2D eigenvalue weighted by molar-refractivity contribution is 7.89. The number of nitrogens with one attached hydrogen (secondary N) is 1. The second-order valence-electron chi connectivity index (χ2n) is 5.86. The Morgan fingerprint density at radius 1 is 1.08 bits per heavy atom. The van der Waals surface area contributed by atoms with Crippen molar-refractivity contribution in [2.24, 2.45) is 0 Å². The molecular weight excluding hydrogens is 320 g/mol. The normalized spacial score (nSPS) is 13.1. The first-order valence-electron chi connectivity index (χ1n) is 7.93. The van der Waals surface area contributed by atoms with E-state index in [1.165, 1.54) is 0 Å². The summed E-state index contributed by atoms with van der Waals surface area (Å²) in [4.78, 5) is 4.71. The van der Waals surface area contributed by atoms with Gasteiger partial charge in [0.25, 0.3) is 0 Å². The largest absolute Gasteiger partial charge is 0.256 e. The third-order valence-electron chi connectivity index (χ3n) is 4.05. The molecule has 0 radical (unpaired) electrons. The lowest BCUT2D eigenvalue weighted by Crippen LogP contribution is -2.28. The van der Waals surface area contributed by atoms with Gasteiger partial charge in [0.1, 0.15) is 0 Å². The fourth-order valence-corrected chi connectivity index (χ4v) is 3.95. The van der Waals surface area contributed by atoms with Gasteiger partial charge in [-0.05, 0) is 43.2 Å². The Kier molecular flexibility index (Phi) is 4.64. The number of pyridine rings is 1. The predicted octanol–water partition coefficient (Wildman–Crippen LogP) is 3.97. The van der Waals surface area contributed by atoms with Crippen LogP contribution in [-0.2, 0) is 10.0 Å². The van der Waals surface area contributed by atoms with Crippen LogP contribution in [0.1, 0.15) is 30.5 Å². The van der Waals surface area contributed by atoms with E-state index in [1.54, 1.807) is 30.5 Å². The summed E-state index contributed by atoms with van der Waals surface area (Å²) < 4.78 is 28.0. The standard InChI is InChI=1S/C19H20N2O2S/c1-3-18(16-12-15-6-4-5-7-19(15)20-13-16)21-24(22,23)17-10-8-14(2)9-11-17/h4-13,18,21H,3H2,1-2H3/t18-/m0/s1. The molecular formula is C19H20N2O2S. The summed E-state index contributed by atoms with van der Waals surface area (Å²) in [6.45, 7) is 3.89. The molecule has 3 rings (SSSR count). The number of hydrogen-bond donors (Lipinski definition) is 1. The van der Waals surface area contributed by atoms with Crippen molar-refractivity contribution in [1.82, 2.24) is 9.71 Å². The highest BCUT2D eigenvalue weighted by Gasteiger charge is 2.20. The Balaban J connectivity index is 1.91. The molecule has 0 spiro atoms. The molecule has 0 saturated carbocycles. The molecule has 2 aromatic carbocycles. The van der Waals surface area contributed by atoms with E-state index < -0.39 is 10.0 Å². The average Bonchev–Trinajstić information content (AvgIpc) is 2.59. The molecule has 0 unspecified atom stereocenters. The predicted molar refractivity (Wildman–Crippen MR) is 96.3 cm³/mol. The lowest BCUT2D eigenvalue weighted by atomic mass is 10.1. The molecule has 124 valence electrons. The van der Waals surface area contributed by atoms with E-state index in [9.17, 15) is 8.42 Å². The number of benzene rings is 2. The minimum atomic E-state index is -3.57. The number of aryl methyl sites for hydroxylation is 1. The Labute approximate surface area is 142 Å². The molecule has 1 aromatic heterocycles. The first-order chi connectivity index (χ1) is 11.5. The van der Waals surface area contributed by atoms with Gasteiger partial charge in [-0.1, -0.05) is 42.8 Å². The molecule has 0 aliphatic heterocycles. The number of fused-ring (bicyclic) bond motifs is 1. The van der Waals surface area contributed by atoms with Crippen LogP contribution in [0.5, 0.6) is 0 Å². The van der Waals surface area contributed by atoms with Gasteiger partial charge in [-0.15, -0.1) is 0 Å². The second kappa shape index (κ2) is 6.71. The lowest BCUT2D eigenvalue weighted by molar-refractivity contribution is 0.550. The monoisotopic (exact) mass is 340 g/mol. The quantitative estimate of drug-likeness (QED) is 0.764. The fraction of sp³-hybridized carbons (Fsp3) is 0.211. The SMILES string of the molecule is CC[C@H](NS(=O)(=O)c1ccc(C)cc1)c1cnc2ccccc2c1. The molecule has 1 heterocycles. The van der Waals surface area contributed by atoms with Gasteiger partial charge >= 0.3 is 0 Å². The third-order valence-corrected chi connectivity index (χ3v) is 5.54. The molecule has 0 saturated heterocycles. The third kappa shape index (κ3) is 3.47. The van der Waals surface area contributed by atoms with Crippen LogP contribution in [0.15, 0.2) is 65.7 Å². The van der Waals surface area contributed by atoms with Gasteiger partial charge in [0.15, 0.2) is 0 Å². The molecule has 24 heavy (non-hydrogen) atoms. The summed E-state index contributed by atoms with van der Waals surface area (Å²) in [5, 5.41) is 1.00. The number of para-hydroxylation sites is 1. The maximum absolute atomic E-state index is 12.6. The van der Waals surface area contributed by atoms with Crippen LogP contribution in [0.4, 0.5) is 0 Å². The number of sulfonamides is 1. The maximum atomic E-state index is 12.6. The van der Waals surface area contributed by atoms with Crippen LogP contribution in [0.25, 0.3) is 10.9 Å². The minimum Gasteiger partial charge on any atom is -0.256 e. The second-order valence-corrected chi connectivity index (χ2v) is 7.57. The van der Waals surface area contributed by atoms with Crippen molar-refractivity contribution in [3.05, 3.63) is 71.9 Å². The fourth-order valence-electron chi connectivity index (χ4n) is 2.64. The van der Waals surface area contributed by atoms with E-state index in [0.717, 1.165) is 22.0 Å². The smallest absolute Gasteiger partial charge is 0.241 e. The maximum Gasteiger partial charge on any atom is 0.241 e. The van der Waals surface area contributed by atoms with E-state index in [0.29, 0.717) is 6.42 Å². The van der Waals surface area contributed by atoms with E-state index in [4.69, 9.17) is 0 Å². The van der Waals surface area contributed by atoms with Gasteiger partial charge in [0.2, 0.25) is 10.0 Å². The van der Waals surface area contributed by atoms with Crippen molar-refractivity contribution in [3.8, 4) is 0 Å². The number of hydrogen-bond acceptors (Lipinski definition) is 3. The minimum absolute atomic E-state index is 0.278. The van der Waals surface area contributed by atoms with Gasteiger partial charge in [0.05, 0.1) is 10.4 Å². The molecule has 0 fully saturated rings. The highest BCUT2D eigenvalue weighted by atomic mass is 32.2. The molecule has 3 aromatic rings. The van der Waals surface area contributed by atoms with Crippen molar-refractivity contribution in [2.75, 3.05) is 0 Å². The van der Waals surface area contributed by atoms with E-state index in [-0.39, 0.29) is 10.9 Å². The molecule has 1 N–H and O–H groups in total. The summed E-state index contributed by atoms with van der Waals surface area (Å²) >= 11 is 0. The summed E-state index contributed by atoms with van der Waals surface area (Å²) in [5.74, 6) is 0. The van der Waals surface area contributed by atoms with Crippen LogP contribution in [0.3, 0.4) is 0 Å². The molecule has 1 atom stereocenters. The number of nitrogens with zero attached hydrogens (tertiary/aromatic N) is 1.